The molecule has 0 unspecified atom stereocenters. The summed E-state index contributed by atoms with van der Waals surface area (Å²) in [7, 11) is 0. The minimum atomic E-state index is -1.48. The molecule has 2 amide bonds. The Balaban J connectivity index is 2.12. The maximum Gasteiger partial charge on any atom is 0.257 e. The van der Waals surface area contributed by atoms with Gasteiger partial charge in [-0.05, 0) is 17.7 Å². The molecule has 0 saturated carbocycles. The molecule has 9 heteroatoms. The van der Waals surface area contributed by atoms with Gasteiger partial charge in [-0.1, -0.05) is 12.1 Å². The first kappa shape index (κ1) is 19.3. The molecule has 26 heavy (non-hydrogen) atoms. The Kier molecular flexibility index (Phi) is 6.18. The fourth-order valence-electron chi connectivity index (χ4n) is 2.03. The van der Waals surface area contributed by atoms with Crippen LogP contribution in [0.25, 0.3) is 0 Å². The van der Waals surface area contributed by atoms with Crippen LogP contribution in [-0.4, -0.2) is 29.6 Å². The summed E-state index contributed by atoms with van der Waals surface area (Å²) >= 11 is 0. The van der Waals surface area contributed by atoms with Gasteiger partial charge in [-0.25, -0.2) is 13.2 Å². The summed E-state index contributed by atoms with van der Waals surface area (Å²) in [6.07, 6.45) is 0. The van der Waals surface area contributed by atoms with E-state index in [1.807, 2.05) is 5.32 Å². The van der Waals surface area contributed by atoms with Crippen molar-refractivity contribution in [1.82, 2.24) is 5.32 Å². The van der Waals surface area contributed by atoms with Crippen molar-refractivity contribution in [3.8, 4) is 5.75 Å². The first-order valence-corrected chi connectivity index (χ1v) is 7.39. The van der Waals surface area contributed by atoms with Crippen LogP contribution in [0.3, 0.4) is 0 Å². The molecule has 0 spiro atoms. The first-order valence-electron chi connectivity index (χ1n) is 7.39. The lowest BCUT2D eigenvalue weighted by atomic mass is 10.1. The van der Waals surface area contributed by atoms with E-state index in [1.54, 1.807) is 0 Å². The number of amides is 2. The lowest BCUT2D eigenvalue weighted by Crippen LogP contribution is -2.47. The largest absolute Gasteiger partial charge is 0.489 e. The summed E-state index contributed by atoms with van der Waals surface area (Å²) in [5.74, 6) is -5.37. The van der Waals surface area contributed by atoms with Crippen LogP contribution in [0.4, 0.5) is 13.2 Å². The highest BCUT2D eigenvalue weighted by atomic mass is 19.1. The van der Waals surface area contributed by atoms with Crippen LogP contribution < -0.4 is 15.8 Å². The van der Waals surface area contributed by atoms with E-state index in [1.165, 1.54) is 24.3 Å². The Morgan fingerprint density at radius 2 is 1.69 bits per heavy atom. The van der Waals surface area contributed by atoms with Crippen molar-refractivity contribution in [2.75, 3.05) is 6.61 Å². The van der Waals surface area contributed by atoms with Gasteiger partial charge in [0.25, 0.3) is 5.91 Å². The number of hydrogen-bond donors (Lipinski definition) is 3. The van der Waals surface area contributed by atoms with E-state index in [-0.39, 0.29) is 12.4 Å². The third-order valence-electron chi connectivity index (χ3n) is 3.39. The number of hydrogen-bond acceptors (Lipinski definition) is 4. The van der Waals surface area contributed by atoms with Gasteiger partial charge >= 0.3 is 0 Å². The molecule has 0 aliphatic heterocycles. The summed E-state index contributed by atoms with van der Waals surface area (Å²) < 4.78 is 46.2. The lowest BCUT2D eigenvalue weighted by Gasteiger charge is -2.14. The second-order valence-electron chi connectivity index (χ2n) is 5.29. The van der Waals surface area contributed by atoms with Crippen molar-refractivity contribution in [2.45, 2.75) is 12.6 Å². The summed E-state index contributed by atoms with van der Waals surface area (Å²) in [4.78, 5) is 22.9. The van der Waals surface area contributed by atoms with Gasteiger partial charge < -0.3 is 20.9 Å². The highest BCUT2D eigenvalue weighted by Gasteiger charge is 2.24. The molecule has 0 aliphatic carbocycles. The first-order chi connectivity index (χ1) is 12.3. The van der Waals surface area contributed by atoms with E-state index in [0.717, 1.165) is 12.1 Å². The van der Waals surface area contributed by atoms with E-state index < -0.39 is 47.5 Å². The summed E-state index contributed by atoms with van der Waals surface area (Å²) in [6, 6.07) is 5.42. The molecule has 138 valence electrons. The van der Waals surface area contributed by atoms with Crippen LogP contribution in [0.15, 0.2) is 36.4 Å². The molecule has 4 N–H and O–H groups in total. The Bertz CT molecular complexity index is 789. The molecule has 0 saturated heterocycles. The van der Waals surface area contributed by atoms with Gasteiger partial charge in [0.15, 0.2) is 0 Å². The molecular weight excluding hydrogens is 353 g/mol. The molecule has 0 aromatic heterocycles. The predicted octanol–water partition coefficient (Wildman–Crippen LogP) is 1.26. The summed E-state index contributed by atoms with van der Waals surface area (Å²) in [6.45, 7) is -0.887. The van der Waals surface area contributed by atoms with E-state index in [2.05, 4.69) is 0 Å². The molecule has 2 aromatic rings. The Morgan fingerprint density at radius 1 is 1.12 bits per heavy atom. The van der Waals surface area contributed by atoms with Gasteiger partial charge in [0, 0.05) is 12.1 Å². The van der Waals surface area contributed by atoms with Gasteiger partial charge in [0.2, 0.25) is 5.91 Å². The van der Waals surface area contributed by atoms with E-state index in [0.29, 0.717) is 5.56 Å². The summed E-state index contributed by atoms with van der Waals surface area (Å²) in [5, 5.41) is 10.9. The van der Waals surface area contributed by atoms with E-state index >= 15 is 0 Å². The molecule has 0 fully saturated rings. The van der Waals surface area contributed by atoms with Crippen molar-refractivity contribution >= 4 is 11.8 Å². The number of carbonyl (C=O) groups excluding carboxylic acids is 2. The van der Waals surface area contributed by atoms with E-state index in [9.17, 15) is 22.8 Å². The lowest BCUT2D eigenvalue weighted by molar-refractivity contribution is -0.120. The molecule has 0 heterocycles. The van der Waals surface area contributed by atoms with Gasteiger partial charge in [-0.15, -0.1) is 0 Å². The number of halogens is 3. The van der Waals surface area contributed by atoms with Crippen LogP contribution in [0.1, 0.15) is 15.9 Å². The Morgan fingerprint density at radius 3 is 2.19 bits per heavy atom. The standard InChI is InChI=1S/C17H15F3N2O4/c18-10-3-1-9(2-4-10)8-26-11-5-12(19)15(13(20)6-11)17(25)22-14(7-23)16(21)24/h1-6,14,23H,7-8H2,(H2,21,24)(H,22,25)/t14-/m0/s1. The number of nitrogens with one attached hydrogen (secondary N) is 1. The third kappa shape index (κ3) is 4.73. The number of aliphatic hydroxyl groups is 1. The average molecular weight is 368 g/mol. The van der Waals surface area contributed by atoms with Crippen LogP contribution in [0.2, 0.25) is 0 Å². The zero-order valence-corrected chi connectivity index (χ0v) is 13.3. The Labute approximate surface area is 146 Å². The number of nitrogens with two attached hydrogens (primary N) is 1. The van der Waals surface area contributed by atoms with Gasteiger partial charge in [-0.2, -0.15) is 0 Å². The van der Waals surface area contributed by atoms with Crippen molar-refractivity contribution in [3.63, 3.8) is 0 Å². The number of rotatable bonds is 7. The van der Waals surface area contributed by atoms with Crippen LogP contribution in [-0.2, 0) is 11.4 Å². The van der Waals surface area contributed by atoms with Crippen molar-refractivity contribution in [1.29, 1.82) is 0 Å². The Hall–Kier alpha value is -3.07. The summed E-state index contributed by atoms with van der Waals surface area (Å²) in [5.41, 5.74) is 4.56. The second-order valence-corrected chi connectivity index (χ2v) is 5.29. The van der Waals surface area contributed by atoms with Crippen LogP contribution in [0.5, 0.6) is 5.75 Å². The van der Waals surface area contributed by atoms with Gasteiger partial charge in [-0.3, -0.25) is 9.59 Å². The number of aliphatic hydroxyl groups excluding tert-OH is 1. The topological polar surface area (TPSA) is 102 Å². The molecule has 0 bridgehead atoms. The van der Waals surface area contributed by atoms with Crippen LogP contribution in [0, 0.1) is 17.5 Å². The van der Waals surface area contributed by atoms with E-state index in [4.69, 9.17) is 15.6 Å². The number of primary amides is 1. The average Bonchev–Trinajstić information content (AvgIpc) is 2.58. The minimum Gasteiger partial charge on any atom is -0.489 e. The highest BCUT2D eigenvalue weighted by molar-refractivity contribution is 5.97. The third-order valence-corrected chi connectivity index (χ3v) is 3.39. The smallest absolute Gasteiger partial charge is 0.257 e. The SMILES string of the molecule is NC(=O)[C@H](CO)NC(=O)c1c(F)cc(OCc2ccc(F)cc2)cc1F. The number of carbonyl (C=O) groups is 2. The fraction of sp³-hybridized carbons (Fsp3) is 0.176. The van der Waals surface area contributed by atoms with Crippen molar-refractivity contribution in [2.24, 2.45) is 5.73 Å². The zero-order valence-electron chi connectivity index (χ0n) is 13.3. The normalized spacial score (nSPS) is 11.7. The quantitative estimate of drug-likeness (QED) is 0.685. The molecule has 2 rings (SSSR count). The van der Waals surface area contributed by atoms with Crippen molar-refractivity contribution in [3.05, 3.63) is 65.0 Å². The monoisotopic (exact) mass is 368 g/mol. The molecule has 6 nitrogen and oxygen atoms in total. The predicted molar refractivity (Wildman–Crippen MR) is 84.6 cm³/mol. The minimum absolute atomic E-state index is 0.0705. The number of benzene rings is 2. The fourth-order valence-corrected chi connectivity index (χ4v) is 2.03. The maximum atomic E-state index is 14.1. The van der Waals surface area contributed by atoms with Crippen LogP contribution >= 0.6 is 0 Å². The molecule has 0 radical (unpaired) electrons. The van der Waals surface area contributed by atoms with Gasteiger partial charge in [0.1, 0.15) is 41.4 Å². The molecule has 1 atom stereocenters. The molecular formula is C17H15F3N2O4. The molecule has 2 aromatic carbocycles. The van der Waals surface area contributed by atoms with Gasteiger partial charge in [0.05, 0.1) is 6.61 Å². The number of ether oxygens (including phenoxy) is 1. The molecule has 0 aliphatic rings. The second kappa shape index (κ2) is 8.34. The zero-order chi connectivity index (χ0) is 19.3. The van der Waals surface area contributed by atoms with Crippen molar-refractivity contribution < 1.29 is 32.6 Å². The highest BCUT2D eigenvalue weighted by Crippen LogP contribution is 2.22. The maximum absolute atomic E-state index is 14.1.